The highest BCUT2D eigenvalue weighted by Gasteiger charge is 2.14. The van der Waals surface area contributed by atoms with Gasteiger partial charge in [-0.25, -0.2) is 4.98 Å². The first kappa shape index (κ1) is 19.4. The van der Waals surface area contributed by atoms with Gasteiger partial charge in [0.1, 0.15) is 0 Å². The molecule has 1 fully saturated rings. The lowest BCUT2D eigenvalue weighted by molar-refractivity contribution is 0.0410. The fourth-order valence-electron chi connectivity index (χ4n) is 3.60. The zero-order chi connectivity index (χ0) is 19.3. The van der Waals surface area contributed by atoms with Crippen molar-refractivity contribution in [3.63, 3.8) is 0 Å². The number of hydrogen-bond donors (Lipinski definition) is 0. The van der Waals surface area contributed by atoms with Gasteiger partial charge in [0, 0.05) is 31.9 Å². The van der Waals surface area contributed by atoms with Crippen molar-refractivity contribution in [2.24, 2.45) is 0 Å². The monoisotopic (exact) mass is 397 g/mol. The summed E-state index contributed by atoms with van der Waals surface area (Å²) in [6.45, 7) is 7.47. The second kappa shape index (κ2) is 9.07. The minimum Gasteiger partial charge on any atom is -0.379 e. The van der Waals surface area contributed by atoms with E-state index in [1.54, 1.807) is 11.8 Å². The Labute approximate surface area is 169 Å². The molecule has 1 saturated heterocycles. The number of aromatic nitrogens is 2. The fraction of sp³-hybridized carbons (Fsp3) is 0.455. The molecule has 1 aliphatic rings. The SMILES string of the molecule is CCCCn1c(SCCN2CCOCC2)nc2cc3ccccc3cc2c1=O. The van der Waals surface area contributed by atoms with Crippen LogP contribution in [0.3, 0.4) is 0 Å². The van der Waals surface area contributed by atoms with Crippen LogP contribution in [0.4, 0.5) is 0 Å². The Hall–Kier alpha value is -1.89. The van der Waals surface area contributed by atoms with Crippen LogP contribution in [0.15, 0.2) is 46.3 Å². The molecule has 0 atom stereocenters. The Morgan fingerprint density at radius 2 is 1.86 bits per heavy atom. The summed E-state index contributed by atoms with van der Waals surface area (Å²) in [5.41, 5.74) is 0.878. The summed E-state index contributed by atoms with van der Waals surface area (Å²) in [6, 6.07) is 12.2. The highest BCUT2D eigenvalue weighted by atomic mass is 32.2. The van der Waals surface area contributed by atoms with Crippen molar-refractivity contribution in [1.29, 1.82) is 0 Å². The van der Waals surface area contributed by atoms with Crippen molar-refractivity contribution in [2.45, 2.75) is 31.5 Å². The summed E-state index contributed by atoms with van der Waals surface area (Å²) < 4.78 is 7.30. The van der Waals surface area contributed by atoms with Crippen molar-refractivity contribution >= 4 is 33.4 Å². The summed E-state index contributed by atoms with van der Waals surface area (Å²) >= 11 is 1.69. The first-order valence-corrected chi connectivity index (χ1v) is 11.1. The maximum atomic E-state index is 13.2. The maximum Gasteiger partial charge on any atom is 0.262 e. The van der Waals surface area contributed by atoms with Gasteiger partial charge < -0.3 is 4.74 Å². The lowest BCUT2D eigenvalue weighted by Gasteiger charge is -2.26. The molecule has 0 spiro atoms. The number of fused-ring (bicyclic) bond motifs is 2. The third-order valence-electron chi connectivity index (χ3n) is 5.26. The second-order valence-electron chi connectivity index (χ2n) is 7.22. The van der Waals surface area contributed by atoms with Crippen LogP contribution in [0.1, 0.15) is 19.8 Å². The normalized spacial score (nSPS) is 15.5. The third-order valence-corrected chi connectivity index (χ3v) is 6.22. The van der Waals surface area contributed by atoms with Crippen LogP contribution in [0, 0.1) is 0 Å². The van der Waals surface area contributed by atoms with E-state index in [9.17, 15) is 4.79 Å². The smallest absolute Gasteiger partial charge is 0.262 e. The van der Waals surface area contributed by atoms with Gasteiger partial charge >= 0.3 is 0 Å². The van der Waals surface area contributed by atoms with E-state index in [4.69, 9.17) is 9.72 Å². The fourth-order valence-corrected chi connectivity index (χ4v) is 4.63. The molecule has 2 heterocycles. The van der Waals surface area contributed by atoms with E-state index in [-0.39, 0.29) is 5.56 Å². The summed E-state index contributed by atoms with van der Waals surface area (Å²) in [7, 11) is 0. The van der Waals surface area contributed by atoms with Crippen LogP contribution in [-0.4, -0.2) is 53.1 Å². The molecule has 0 N–H and O–H groups in total. The van der Waals surface area contributed by atoms with Crippen LogP contribution < -0.4 is 5.56 Å². The highest BCUT2D eigenvalue weighted by molar-refractivity contribution is 7.99. The van der Waals surface area contributed by atoms with Gasteiger partial charge in [-0.15, -0.1) is 0 Å². The largest absolute Gasteiger partial charge is 0.379 e. The van der Waals surface area contributed by atoms with Gasteiger partial charge in [0.2, 0.25) is 0 Å². The van der Waals surface area contributed by atoms with Gasteiger partial charge in [-0.2, -0.15) is 0 Å². The molecule has 1 aromatic heterocycles. The van der Waals surface area contributed by atoms with Crippen LogP contribution in [0.5, 0.6) is 0 Å². The lowest BCUT2D eigenvalue weighted by atomic mass is 10.1. The Morgan fingerprint density at radius 3 is 2.61 bits per heavy atom. The number of benzene rings is 2. The Balaban J connectivity index is 1.65. The molecule has 3 aromatic rings. The molecule has 0 aliphatic carbocycles. The molecule has 0 radical (unpaired) electrons. The van der Waals surface area contributed by atoms with E-state index in [1.165, 1.54) is 0 Å². The molecule has 28 heavy (non-hydrogen) atoms. The second-order valence-corrected chi connectivity index (χ2v) is 8.29. The molecule has 148 valence electrons. The minimum atomic E-state index is 0.0816. The van der Waals surface area contributed by atoms with E-state index in [2.05, 4.69) is 24.0 Å². The van der Waals surface area contributed by atoms with Gasteiger partial charge in [0.05, 0.1) is 24.1 Å². The van der Waals surface area contributed by atoms with Gasteiger partial charge in [-0.1, -0.05) is 49.4 Å². The molecular weight excluding hydrogens is 370 g/mol. The molecule has 5 nitrogen and oxygen atoms in total. The third kappa shape index (κ3) is 4.24. The molecule has 0 bridgehead atoms. The number of thioether (sulfide) groups is 1. The van der Waals surface area contributed by atoms with Gasteiger partial charge in [-0.05, 0) is 29.3 Å². The summed E-state index contributed by atoms with van der Waals surface area (Å²) in [4.78, 5) is 20.6. The number of unbranched alkanes of at least 4 members (excludes halogenated alkanes) is 1. The molecule has 6 heteroatoms. The number of ether oxygens (including phenoxy) is 1. The maximum absolute atomic E-state index is 13.2. The quantitative estimate of drug-likeness (QED) is 0.345. The molecule has 4 rings (SSSR count). The van der Waals surface area contributed by atoms with Crippen LogP contribution in [0.2, 0.25) is 0 Å². The van der Waals surface area contributed by atoms with E-state index >= 15 is 0 Å². The first-order chi connectivity index (χ1) is 13.8. The molecule has 2 aromatic carbocycles. The van der Waals surface area contributed by atoms with Gasteiger partial charge in [0.25, 0.3) is 5.56 Å². The number of morpholine rings is 1. The van der Waals surface area contributed by atoms with Crippen LogP contribution in [0.25, 0.3) is 21.7 Å². The first-order valence-electron chi connectivity index (χ1n) is 10.1. The van der Waals surface area contributed by atoms with Gasteiger partial charge in [0.15, 0.2) is 5.16 Å². The van der Waals surface area contributed by atoms with Crippen molar-refractivity contribution in [3.05, 3.63) is 46.8 Å². The molecule has 1 aliphatic heterocycles. The molecule has 0 unspecified atom stereocenters. The highest BCUT2D eigenvalue weighted by Crippen LogP contribution is 2.23. The summed E-state index contributed by atoms with van der Waals surface area (Å²) in [5, 5.41) is 3.77. The van der Waals surface area contributed by atoms with E-state index in [0.29, 0.717) is 5.39 Å². The Kier molecular flexibility index (Phi) is 6.29. The summed E-state index contributed by atoms with van der Waals surface area (Å²) in [5.74, 6) is 0.928. The zero-order valence-corrected chi connectivity index (χ0v) is 17.2. The average molecular weight is 398 g/mol. The van der Waals surface area contributed by atoms with E-state index in [0.717, 1.165) is 79.4 Å². The number of hydrogen-bond acceptors (Lipinski definition) is 5. The molecular formula is C22H27N3O2S. The minimum absolute atomic E-state index is 0.0816. The van der Waals surface area contributed by atoms with E-state index in [1.807, 2.05) is 28.8 Å². The van der Waals surface area contributed by atoms with Gasteiger partial charge in [-0.3, -0.25) is 14.3 Å². The van der Waals surface area contributed by atoms with Crippen molar-refractivity contribution < 1.29 is 4.74 Å². The van der Waals surface area contributed by atoms with Crippen LogP contribution >= 0.6 is 11.8 Å². The van der Waals surface area contributed by atoms with Crippen molar-refractivity contribution in [1.82, 2.24) is 14.5 Å². The standard InChI is InChI=1S/C22H27N3O2S/c1-2-3-8-25-21(26)19-15-17-6-4-5-7-18(17)16-20(19)23-22(25)28-14-11-24-9-12-27-13-10-24/h4-7,15-16H,2-3,8-14H2,1H3. The predicted octanol–water partition coefficient (Wildman–Crippen LogP) is 3.77. The number of nitrogens with zero attached hydrogens (tertiary/aromatic N) is 3. The summed E-state index contributed by atoms with van der Waals surface area (Å²) in [6.07, 6.45) is 2.04. The average Bonchev–Trinajstić information content (AvgIpc) is 2.73. The molecule has 0 amide bonds. The number of rotatable bonds is 7. The zero-order valence-electron chi connectivity index (χ0n) is 16.4. The van der Waals surface area contributed by atoms with E-state index < -0.39 is 0 Å². The Morgan fingerprint density at radius 1 is 1.11 bits per heavy atom. The predicted molar refractivity (Wildman–Crippen MR) is 116 cm³/mol. The van der Waals surface area contributed by atoms with Crippen LogP contribution in [-0.2, 0) is 11.3 Å². The van der Waals surface area contributed by atoms with Crippen molar-refractivity contribution in [2.75, 3.05) is 38.6 Å². The lowest BCUT2D eigenvalue weighted by Crippen LogP contribution is -2.37. The Bertz CT molecular complexity index is 1010. The van der Waals surface area contributed by atoms with Crippen molar-refractivity contribution in [3.8, 4) is 0 Å². The molecule has 0 saturated carbocycles. The topological polar surface area (TPSA) is 47.4 Å².